The normalized spacial score (nSPS) is 12.2. The van der Waals surface area contributed by atoms with Gasteiger partial charge in [-0.1, -0.05) is 11.6 Å². The molecule has 0 aliphatic heterocycles. The van der Waals surface area contributed by atoms with E-state index in [2.05, 4.69) is 0 Å². The molecule has 0 aliphatic rings. The van der Waals surface area contributed by atoms with Crippen LogP contribution in [-0.2, 0) is 4.79 Å². The second-order valence-corrected chi connectivity index (χ2v) is 3.66. The quantitative estimate of drug-likeness (QED) is 0.778. The van der Waals surface area contributed by atoms with Crippen LogP contribution in [0.1, 0.15) is 6.92 Å². The Bertz CT molecular complexity index is 324. The first-order chi connectivity index (χ1) is 7.13. The van der Waals surface area contributed by atoms with E-state index in [1.54, 1.807) is 24.3 Å². The van der Waals surface area contributed by atoms with E-state index in [0.717, 1.165) is 0 Å². The Labute approximate surface area is 93.0 Å². The van der Waals surface area contributed by atoms with Crippen LogP contribution in [0.5, 0.6) is 5.75 Å². The Morgan fingerprint density at radius 3 is 2.53 bits per heavy atom. The van der Waals surface area contributed by atoms with Crippen LogP contribution in [-0.4, -0.2) is 19.1 Å². The fourth-order valence-electron chi connectivity index (χ4n) is 0.998. The van der Waals surface area contributed by atoms with E-state index >= 15 is 0 Å². The lowest BCUT2D eigenvalue weighted by Gasteiger charge is -2.11. The summed E-state index contributed by atoms with van der Waals surface area (Å²) in [6.07, 6.45) is 0. The van der Waals surface area contributed by atoms with Crippen molar-refractivity contribution in [3.63, 3.8) is 0 Å². The van der Waals surface area contributed by atoms with E-state index in [4.69, 9.17) is 16.3 Å². The van der Waals surface area contributed by atoms with Crippen molar-refractivity contribution in [3.05, 3.63) is 29.3 Å². The molecule has 4 heteroatoms. The predicted octanol–water partition coefficient (Wildman–Crippen LogP) is 2.89. The molecule has 2 nitrogen and oxygen atoms in total. The average molecular weight is 231 g/mol. The molecule has 0 saturated heterocycles. The van der Waals surface area contributed by atoms with Crippen molar-refractivity contribution in [2.45, 2.75) is 6.92 Å². The zero-order chi connectivity index (χ0) is 11.3. The van der Waals surface area contributed by atoms with Crippen LogP contribution in [0.15, 0.2) is 24.3 Å². The minimum Gasteiger partial charge on any atom is -0.493 e. The number of ketones is 1. The molecule has 0 spiro atoms. The number of carbonyl (C=O) groups excluding carboxylic acids is 1. The van der Waals surface area contributed by atoms with Gasteiger partial charge < -0.3 is 4.74 Å². The maximum atomic E-state index is 12.4. The number of benzene rings is 1. The molecule has 0 bridgehead atoms. The zero-order valence-electron chi connectivity index (χ0n) is 8.37. The van der Waals surface area contributed by atoms with Crippen LogP contribution in [0.3, 0.4) is 0 Å². The lowest BCUT2D eigenvalue weighted by molar-refractivity contribution is -0.122. The molecule has 1 aromatic carbocycles. The summed E-state index contributed by atoms with van der Waals surface area (Å²) in [5, 5.41) is 0.607. The summed E-state index contributed by atoms with van der Waals surface area (Å²) in [6.45, 7) is 0.728. The van der Waals surface area contributed by atoms with Crippen LogP contribution >= 0.6 is 11.6 Å². The van der Waals surface area contributed by atoms with Crippen molar-refractivity contribution >= 4 is 17.4 Å². The standard InChI is InChI=1S/C11H12ClFO2/c1-8(14)9(6-13)7-15-11-4-2-10(12)3-5-11/h2-5,9H,6-7H2,1H3. The maximum absolute atomic E-state index is 12.4. The molecule has 82 valence electrons. The summed E-state index contributed by atoms with van der Waals surface area (Å²) in [4.78, 5) is 10.9. The number of hydrogen-bond acceptors (Lipinski definition) is 2. The van der Waals surface area contributed by atoms with Gasteiger partial charge in [-0.2, -0.15) is 0 Å². The smallest absolute Gasteiger partial charge is 0.138 e. The van der Waals surface area contributed by atoms with E-state index in [-0.39, 0.29) is 12.4 Å². The van der Waals surface area contributed by atoms with Crippen molar-refractivity contribution in [2.75, 3.05) is 13.3 Å². The number of Topliss-reactive ketones (excluding diaryl/α,β-unsaturated/α-hetero) is 1. The van der Waals surface area contributed by atoms with Gasteiger partial charge in [0, 0.05) is 5.02 Å². The molecule has 0 N–H and O–H groups in total. The number of alkyl halides is 1. The number of rotatable bonds is 5. The van der Waals surface area contributed by atoms with E-state index in [0.29, 0.717) is 10.8 Å². The molecular weight excluding hydrogens is 219 g/mol. The molecule has 0 radical (unpaired) electrons. The van der Waals surface area contributed by atoms with Crippen molar-refractivity contribution < 1.29 is 13.9 Å². The Kier molecular flexibility index (Phi) is 4.56. The molecule has 15 heavy (non-hydrogen) atoms. The van der Waals surface area contributed by atoms with Gasteiger partial charge in [0.15, 0.2) is 0 Å². The SMILES string of the molecule is CC(=O)C(CF)COc1ccc(Cl)cc1. The van der Waals surface area contributed by atoms with Gasteiger partial charge in [-0.05, 0) is 31.2 Å². The summed E-state index contributed by atoms with van der Waals surface area (Å²) in [7, 11) is 0. The molecule has 0 aromatic heterocycles. The van der Waals surface area contributed by atoms with Crippen LogP contribution in [0, 0.1) is 5.92 Å². The minimum absolute atomic E-state index is 0.0630. The maximum Gasteiger partial charge on any atom is 0.138 e. The van der Waals surface area contributed by atoms with Crippen LogP contribution in [0.25, 0.3) is 0 Å². The van der Waals surface area contributed by atoms with Gasteiger partial charge in [-0.3, -0.25) is 9.18 Å². The average Bonchev–Trinajstić information content (AvgIpc) is 2.21. The predicted molar refractivity (Wildman–Crippen MR) is 57.1 cm³/mol. The van der Waals surface area contributed by atoms with Crippen molar-refractivity contribution in [3.8, 4) is 5.75 Å². The highest BCUT2D eigenvalue weighted by Gasteiger charge is 2.14. The Hall–Kier alpha value is -1.09. The van der Waals surface area contributed by atoms with Gasteiger partial charge in [-0.25, -0.2) is 0 Å². The van der Waals surface area contributed by atoms with E-state index in [1.165, 1.54) is 6.92 Å². The van der Waals surface area contributed by atoms with Crippen molar-refractivity contribution in [2.24, 2.45) is 5.92 Å². The highest BCUT2D eigenvalue weighted by Crippen LogP contribution is 2.16. The van der Waals surface area contributed by atoms with Crippen LogP contribution in [0.4, 0.5) is 4.39 Å². The lowest BCUT2D eigenvalue weighted by Crippen LogP contribution is -2.21. The lowest BCUT2D eigenvalue weighted by atomic mass is 10.1. The molecule has 1 unspecified atom stereocenters. The molecular formula is C11H12ClFO2. The summed E-state index contributed by atoms with van der Waals surface area (Å²) < 4.78 is 17.6. The first kappa shape index (κ1) is 12.0. The molecule has 0 aliphatic carbocycles. The van der Waals surface area contributed by atoms with Crippen molar-refractivity contribution in [1.29, 1.82) is 0 Å². The highest BCUT2D eigenvalue weighted by atomic mass is 35.5. The number of hydrogen-bond donors (Lipinski definition) is 0. The summed E-state index contributed by atoms with van der Waals surface area (Å²) in [5.41, 5.74) is 0. The third-order valence-electron chi connectivity index (χ3n) is 2.03. The topological polar surface area (TPSA) is 26.3 Å². The van der Waals surface area contributed by atoms with E-state index in [1.807, 2.05) is 0 Å². The number of carbonyl (C=O) groups is 1. The first-order valence-corrected chi connectivity index (χ1v) is 4.96. The minimum atomic E-state index is -0.692. The highest BCUT2D eigenvalue weighted by molar-refractivity contribution is 6.30. The second kappa shape index (κ2) is 5.71. The first-order valence-electron chi connectivity index (χ1n) is 4.58. The Morgan fingerprint density at radius 1 is 1.47 bits per heavy atom. The van der Waals surface area contributed by atoms with Gasteiger partial charge in [0.2, 0.25) is 0 Å². The van der Waals surface area contributed by atoms with E-state index in [9.17, 15) is 9.18 Å². The summed E-state index contributed by atoms with van der Waals surface area (Å²) in [5.74, 6) is -0.300. The monoisotopic (exact) mass is 230 g/mol. The van der Waals surface area contributed by atoms with Gasteiger partial charge in [-0.15, -0.1) is 0 Å². The third-order valence-corrected chi connectivity index (χ3v) is 2.28. The molecule has 0 heterocycles. The Morgan fingerprint density at radius 2 is 2.07 bits per heavy atom. The molecule has 1 rings (SSSR count). The van der Waals surface area contributed by atoms with Gasteiger partial charge >= 0.3 is 0 Å². The van der Waals surface area contributed by atoms with Gasteiger partial charge in [0.1, 0.15) is 24.8 Å². The molecule has 1 aromatic rings. The number of ether oxygens (including phenoxy) is 1. The van der Waals surface area contributed by atoms with Gasteiger partial charge in [0.25, 0.3) is 0 Å². The summed E-state index contributed by atoms with van der Waals surface area (Å²) >= 11 is 5.68. The second-order valence-electron chi connectivity index (χ2n) is 3.23. The largest absolute Gasteiger partial charge is 0.493 e. The summed E-state index contributed by atoms with van der Waals surface area (Å²) in [6, 6.07) is 6.71. The Balaban J connectivity index is 2.49. The molecule has 0 fully saturated rings. The molecule has 1 atom stereocenters. The van der Waals surface area contributed by atoms with Crippen LogP contribution in [0.2, 0.25) is 5.02 Å². The molecule has 0 saturated carbocycles. The van der Waals surface area contributed by atoms with Crippen molar-refractivity contribution in [1.82, 2.24) is 0 Å². The van der Waals surface area contributed by atoms with Gasteiger partial charge in [0.05, 0.1) is 5.92 Å². The fraction of sp³-hybridized carbons (Fsp3) is 0.364. The zero-order valence-corrected chi connectivity index (χ0v) is 9.13. The molecule has 0 amide bonds. The number of halogens is 2. The fourth-order valence-corrected chi connectivity index (χ4v) is 1.12. The van der Waals surface area contributed by atoms with Crippen LogP contribution < -0.4 is 4.74 Å². The third kappa shape index (κ3) is 3.88. The van der Waals surface area contributed by atoms with E-state index < -0.39 is 12.6 Å².